The second-order valence-corrected chi connectivity index (χ2v) is 4.01. The van der Waals surface area contributed by atoms with Gasteiger partial charge >= 0.3 is 0 Å². The highest BCUT2D eigenvalue weighted by Gasteiger charge is 2.23. The zero-order valence-corrected chi connectivity index (χ0v) is 10.9. The quantitative estimate of drug-likeness (QED) is 0.802. The van der Waals surface area contributed by atoms with Gasteiger partial charge in [-0.2, -0.15) is 0 Å². The molecule has 100 valence electrons. The Bertz CT molecular complexity index is 393. The van der Waals surface area contributed by atoms with E-state index < -0.39 is 0 Å². The Balaban J connectivity index is 2.25. The van der Waals surface area contributed by atoms with Crippen molar-refractivity contribution in [1.82, 2.24) is 5.32 Å². The van der Waals surface area contributed by atoms with Gasteiger partial charge in [0.05, 0.1) is 6.04 Å². The Morgan fingerprint density at radius 3 is 2.39 bits per heavy atom. The van der Waals surface area contributed by atoms with E-state index in [1.165, 1.54) is 0 Å². The van der Waals surface area contributed by atoms with Crippen molar-refractivity contribution in [3.8, 4) is 11.5 Å². The van der Waals surface area contributed by atoms with Crippen LogP contribution < -0.4 is 14.8 Å². The summed E-state index contributed by atoms with van der Waals surface area (Å²) in [5.41, 5.74) is 1.04. The van der Waals surface area contributed by atoms with Crippen LogP contribution >= 0.6 is 0 Å². The number of hydrogen-bond acceptors (Lipinski definition) is 5. The molecule has 0 bridgehead atoms. The predicted molar refractivity (Wildman–Crippen MR) is 67.0 cm³/mol. The highest BCUT2D eigenvalue weighted by atomic mass is 16.7. The first-order chi connectivity index (χ1) is 8.80. The molecule has 0 aromatic heterocycles. The molecule has 1 atom stereocenters. The number of fused-ring (bicyclic) bond motifs is 1. The van der Waals surface area contributed by atoms with Crippen molar-refractivity contribution in [3.05, 3.63) is 23.8 Å². The summed E-state index contributed by atoms with van der Waals surface area (Å²) >= 11 is 0. The first kappa shape index (κ1) is 13.1. The molecule has 1 N–H and O–H groups in total. The van der Waals surface area contributed by atoms with E-state index >= 15 is 0 Å². The van der Waals surface area contributed by atoms with E-state index in [-0.39, 0.29) is 12.3 Å². The van der Waals surface area contributed by atoms with E-state index in [1.54, 1.807) is 14.2 Å². The lowest BCUT2D eigenvalue weighted by atomic mass is 10.1. The first-order valence-electron chi connectivity index (χ1n) is 5.92. The van der Waals surface area contributed by atoms with Gasteiger partial charge in [0.1, 0.15) is 13.2 Å². The molecule has 1 heterocycles. The first-order valence-corrected chi connectivity index (χ1v) is 5.92. The summed E-state index contributed by atoms with van der Waals surface area (Å²) in [6, 6.07) is 5.80. The number of rotatable bonds is 5. The Labute approximate surface area is 107 Å². The van der Waals surface area contributed by atoms with Gasteiger partial charge in [0.2, 0.25) is 0 Å². The monoisotopic (exact) mass is 253 g/mol. The molecule has 5 nitrogen and oxygen atoms in total. The number of hydrogen-bond donors (Lipinski definition) is 1. The van der Waals surface area contributed by atoms with Crippen LogP contribution in [0.2, 0.25) is 0 Å². The maximum Gasteiger partial charge on any atom is 0.176 e. The van der Waals surface area contributed by atoms with Crippen molar-refractivity contribution in [2.45, 2.75) is 12.3 Å². The van der Waals surface area contributed by atoms with Crippen molar-refractivity contribution in [2.24, 2.45) is 0 Å². The number of benzene rings is 1. The van der Waals surface area contributed by atoms with Crippen LogP contribution in [0.5, 0.6) is 11.5 Å². The molecule has 0 saturated carbocycles. The summed E-state index contributed by atoms with van der Waals surface area (Å²) < 4.78 is 21.7. The molecule has 0 fully saturated rings. The minimum absolute atomic E-state index is 0.0594. The molecule has 1 aromatic rings. The predicted octanol–water partition coefficient (Wildman–Crippen LogP) is 1.34. The summed E-state index contributed by atoms with van der Waals surface area (Å²) in [7, 11) is 5.11. The van der Waals surface area contributed by atoms with Crippen LogP contribution in [0.25, 0.3) is 0 Å². The molecule has 18 heavy (non-hydrogen) atoms. The molecular formula is C13H19NO4. The topological polar surface area (TPSA) is 49.0 Å². The maximum atomic E-state index is 5.57. The Morgan fingerprint density at radius 2 is 1.78 bits per heavy atom. The maximum absolute atomic E-state index is 5.57. The van der Waals surface area contributed by atoms with Gasteiger partial charge in [0.25, 0.3) is 0 Å². The standard InChI is InChI=1S/C13H19NO4/c1-14-12(13(15-2)16-3)9-4-5-10-11(8-9)18-7-6-17-10/h4-5,8,12-14H,6-7H2,1-3H3. The Hall–Kier alpha value is -1.30. The van der Waals surface area contributed by atoms with Crippen LogP contribution in [0, 0.1) is 0 Å². The molecule has 0 saturated heterocycles. The van der Waals surface area contributed by atoms with E-state index in [1.807, 2.05) is 25.2 Å². The largest absolute Gasteiger partial charge is 0.486 e. The van der Waals surface area contributed by atoms with Gasteiger partial charge in [0, 0.05) is 14.2 Å². The fourth-order valence-electron chi connectivity index (χ4n) is 2.08. The fourth-order valence-corrected chi connectivity index (χ4v) is 2.08. The van der Waals surface area contributed by atoms with Crippen LogP contribution in [0.15, 0.2) is 18.2 Å². The molecule has 1 aliphatic rings. The van der Waals surface area contributed by atoms with Crippen LogP contribution in [0.4, 0.5) is 0 Å². The van der Waals surface area contributed by atoms with Crippen molar-refractivity contribution in [2.75, 3.05) is 34.5 Å². The van der Waals surface area contributed by atoms with E-state index in [9.17, 15) is 0 Å². The fraction of sp³-hybridized carbons (Fsp3) is 0.538. The lowest BCUT2D eigenvalue weighted by molar-refractivity contribution is -0.123. The van der Waals surface area contributed by atoms with Crippen molar-refractivity contribution in [3.63, 3.8) is 0 Å². The lowest BCUT2D eigenvalue weighted by Gasteiger charge is -2.26. The minimum atomic E-state index is -0.349. The second-order valence-electron chi connectivity index (χ2n) is 4.01. The molecular weight excluding hydrogens is 234 g/mol. The van der Waals surface area contributed by atoms with Gasteiger partial charge in [-0.25, -0.2) is 0 Å². The molecule has 1 unspecified atom stereocenters. The minimum Gasteiger partial charge on any atom is -0.486 e. The van der Waals surface area contributed by atoms with Crippen LogP contribution in [0.3, 0.4) is 0 Å². The summed E-state index contributed by atoms with van der Waals surface area (Å²) in [5.74, 6) is 1.55. The number of likely N-dealkylation sites (N-methyl/N-ethyl adjacent to an activating group) is 1. The molecule has 1 aliphatic heterocycles. The molecule has 1 aromatic carbocycles. The average molecular weight is 253 g/mol. The van der Waals surface area contributed by atoms with Gasteiger partial charge in [-0.15, -0.1) is 0 Å². The number of nitrogens with one attached hydrogen (secondary N) is 1. The molecule has 2 rings (SSSR count). The summed E-state index contributed by atoms with van der Waals surface area (Å²) in [4.78, 5) is 0. The third-order valence-electron chi connectivity index (χ3n) is 2.97. The van der Waals surface area contributed by atoms with Crippen LogP contribution in [-0.2, 0) is 9.47 Å². The van der Waals surface area contributed by atoms with Gasteiger partial charge < -0.3 is 24.3 Å². The van der Waals surface area contributed by atoms with E-state index in [0.29, 0.717) is 13.2 Å². The third-order valence-corrected chi connectivity index (χ3v) is 2.97. The van der Waals surface area contributed by atoms with Crippen LogP contribution in [0.1, 0.15) is 11.6 Å². The smallest absolute Gasteiger partial charge is 0.176 e. The van der Waals surface area contributed by atoms with Crippen molar-refractivity contribution in [1.29, 1.82) is 0 Å². The number of ether oxygens (including phenoxy) is 4. The van der Waals surface area contributed by atoms with Gasteiger partial charge in [-0.05, 0) is 24.7 Å². The van der Waals surface area contributed by atoms with Gasteiger partial charge in [-0.1, -0.05) is 6.07 Å². The third kappa shape index (κ3) is 2.58. The van der Waals surface area contributed by atoms with Crippen molar-refractivity contribution >= 4 is 0 Å². The van der Waals surface area contributed by atoms with Crippen LogP contribution in [-0.4, -0.2) is 40.8 Å². The molecule has 0 aliphatic carbocycles. The normalized spacial score (nSPS) is 15.8. The summed E-state index contributed by atoms with van der Waals surface area (Å²) in [5, 5.41) is 3.18. The SMILES string of the molecule is CNC(c1ccc2c(c1)OCCO2)C(OC)OC. The van der Waals surface area contributed by atoms with Gasteiger partial charge in [0.15, 0.2) is 17.8 Å². The molecule has 0 spiro atoms. The Morgan fingerprint density at radius 1 is 1.11 bits per heavy atom. The van der Waals surface area contributed by atoms with E-state index in [2.05, 4.69) is 5.32 Å². The highest BCUT2D eigenvalue weighted by Crippen LogP contribution is 2.33. The lowest BCUT2D eigenvalue weighted by Crippen LogP contribution is -2.32. The Kier molecular flexibility index (Phi) is 4.41. The zero-order valence-electron chi connectivity index (χ0n) is 10.9. The average Bonchev–Trinajstić information content (AvgIpc) is 2.44. The summed E-state index contributed by atoms with van der Waals surface area (Å²) in [6.07, 6.45) is -0.349. The van der Waals surface area contributed by atoms with Crippen molar-refractivity contribution < 1.29 is 18.9 Å². The molecule has 0 amide bonds. The zero-order chi connectivity index (χ0) is 13.0. The number of methoxy groups -OCH3 is 2. The van der Waals surface area contributed by atoms with E-state index in [0.717, 1.165) is 17.1 Å². The highest BCUT2D eigenvalue weighted by molar-refractivity contribution is 5.44. The second kappa shape index (κ2) is 6.04. The summed E-state index contributed by atoms with van der Waals surface area (Å²) in [6.45, 7) is 1.18. The molecule has 0 radical (unpaired) electrons. The van der Waals surface area contributed by atoms with E-state index in [4.69, 9.17) is 18.9 Å². The molecule has 5 heteroatoms. The van der Waals surface area contributed by atoms with Gasteiger partial charge in [-0.3, -0.25) is 0 Å².